The van der Waals surface area contributed by atoms with Gasteiger partial charge in [0.05, 0.1) is 16.3 Å². The largest absolute Gasteiger partial charge is 0.452 e. The number of ether oxygens (including phenoxy) is 3. The molecule has 0 saturated heterocycles. The molecule has 1 heterocycles. The lowest BCUT2D eigenvalue weighted by Crippen LogP contribution is -2.23. The molecule has 0 saturated carbocycles. The lowest BCUT2D eigenvalue weighted by Gasteiger charge is -2.04. The van der Waals surface area contributed by atoms with Crippen molar-refractivity contribution in [3.63, 3.8) is 0 Å². The number of hydrogen-bond acceptors (Lipinski definition) is 5. The molecule has 0 spiro atoms. The number of anilines is 1. The Morgan fingerprint density at radius 1 is 1.55 bits per heavy atom. The number of amides is 1. The van der Waals surface area contributed by atoms with E-state index in [1.54, 1.807) is 6.07 Å². The Hall–Kier alpha value is -2.10. The summed E-state index contributed by atoms with van der Waals surface area (Å²) in [7, 11) is 1.54. The lowest BCUT2D eigenvalue weighted by molar-refractivity contribution is -0.124. The van der Waals surface area contributed by atoms with E-state index in [1.165, 1.54) is 7.05 Å². The molecule has 0 unspecified atom stereocenters. The van der Waals surface area contributed by atoms with Gasteiger partial charge in [-0.25, -0.2) is 0 Å². The molecule has 1 aliphatic rings. The first-order valence-electron chi connectivity index (χ1n) is 5.78. The fraction of sp³-hybridized carbons (Fsp3) is 0.308. The maximum atomic E-state index is 10.9. The minimum absolute atomic E-state index is 0.0363. The maximum Gasteiger partial charge on any atom is 0.245 e. The van der Waals surface area contributed by atoms with E-state index in [2.05, 4.69) is 17.2 Å². The van der Waals surface area contributed by atoms with Gasteiger partial charge in [-0.1, -0.05) is 23.4 Å². The Bertz CT molecular complexity index is 592. The van der Waals surface area contributed by atoms with E-state index < -0.39 is 0 Å². The first kappa shape index (κ1) is 14.3. The number of carbonyl (C=O) groups excluding carboxylic acids is 1. The smallest absolute Gasteiger partial charge is 0.245 e. The summed E-state index contributed by atoms with van der Waals surface area (Å²) < 4.78 is 15.6. The van der Waals surface area contributed by atoms with E-state index in [4.69, 9.17) is 31.5 Å². The summed E-state index contributed by atoms with van der Waals surface area (Å²) >= 11 is 5.99. The van der Waals surface area contributed by atoms with Crippen molar-refractivity contribution >= 4 is 23.2 Å². The topological polar surface area (TPSA) is 82.8 Å². The van der Waals surface area contributed by atoms with E-state index in [1.807, 2.05) is 0 Å². The molecule has 1 aliphatic heterocycles. The average molecular weight is 297 g/mol. The van der Waals surface area contributed by atoms with E-state index in [9.17, 15) is 4.79 Å². The van der Waals surface area contributed by atoms with Crippen molar-refractivity contribution in [3.8, 4) is 23.3 Å². The van der Waals surface area contributed by atoms with Crippen LogP contribution in [0.3, 0.4) is 0 Å². The molecule has 1 aromatic carbocycles. The van der Waals surface area contributed by atoms with Crippen molar-refractivity contribution in [2.24, 2.45) is 0 Å². The van der Waals surface area contributed by atoms with Crippen molar-refractivity contribution in [1.29, 1.82) is 0 Å². The summed E-state index contributed by atoms with van der Waals surface area (Å²) in [5.74, 6) is 6.30. The highest BCUT2D eigenvalue weighted by Gasteiger charge is 2.22. The number of nitrogen functional groups attached to an aromatic ring is 1. The fourth-order valence-electron chi connectivity index (χ4n) is 1.55. The van der Waals surface area contributed by atoms with Crippen molar-refractivity contribution in [3.05, 3.63) is 16.7 Å². The Kier molecular flexibility index (Phi) is 4.56. The van der Waals surface area contributed by atoms with Gasteiger partial charge in [-0.2, -0.15) is 0 Å². The third-order valence-electron chi connectivity index (χ3n) is 2.54. The Balaban J connectivity index is 2.06. The van der Waals surface area contributed by atoms with Gasteiger partial charge >= 0.3 is 0 Å². The van der Waals surface area contributed by atoms with Crippen LogP contribution in [0.1, 0.15) is 5.56 Å². The van der Waals surface area contributed by atoms with E-state index >= 15 is 0 Å². The van der Waals surface area contributed by atoms with Crippen LogP contribution in [0.5, 0.6) is 11.5 Å². The van der Waals surface area contributed by atoms with Gasteiger partial charge in [0.1, 0.15) is 13.2 Å². The number of likely N-dealkylation sites (N-methyl/N-ethyl adjacent to an activating group) is 1. The molecule has 0 atom stereocenters. The molecule has 1 amide bonds. The zero-order chi connectivity index (χ0) is 14.5. The Labute approximate surface area is 121 Å². The minimum Gasteiger partial charge on any atom is -0.452 e. The second kappa shape index (κ2) is 6.37. The zero-order valence-corrected chi connectivity index (χ0v) is 11.5. The maximum absolute atomic E-state index is 10.9. The Morgan fingerprint density at radius 2 is 2.30 bits per heavy atom. The summed E-state index contributed by atoms with van der Waals surface area (Å²) in [5, 5.41) is 2.79. The van der Waals surface area contributed by atoms with Crippen LogP contribution >= 0.6 is 11.6 Å². The van der Waals surface area contributed by atoms with Crippen molar-refractivity contribution in [2.45, 2.75) is 0 Å². The zero-order valence-electron chi connectivity index (χ0n) is 10.8. The second-order valence-corrected chi connectivity index (χ2v) is 4.26. The predicted molar refractivity (Wildman–Crippen MR) is 73.8 cm³/mol. The van der Waals surface area contributed by atoms with Crippen LogP contribution in [0.15, 0.2) is 6.07 Å². The van der Waals surface area contributed by atoms with Crippen molar-refractivity contribution in [1.82, 2.24) is 5.32 Å². The van der Waals surface area contributed by atoms with Crippen molar-refractivity contribution < 1.29 is 19.0 Å². The molecule has 106 valence electrons. The first-order chi connectivity index (χ1) is 9.63. The predicted octanol–water partition coefficient (Wildman–Crippen LogP) is 0.765. The van der Waals surface area contributed by atoms with Gasteiger partial charge in [0.2, 0.25) is 12.7 Å². The van der Waals surface area contributed by atoms with Crippen LogP contribution in [0.4, 0.5) is 5.69 Å². The molecule has 3 N–H and O–H groups in total. The van der Waals surface area contributed by atoms with Crippen LogP contribution in [0.25, 0.3) is 0 Å². The molecular formula is C13H13ClN2O4. The minimum atomic E-state index is -0.208. The fourth-order valence-corrected chi connectivity index (χ4v) is 1.74. The lowest BCUT2D eigenvalue weighted by atomic mass is 10.1. The summed E-state index contributed by atoms with van der Waals surface area (Å²) in [6.07, 6.45) is 0. The van der Waals surface area contributed by atoms with Crippen LogP contribution in [0, 0.1) is 11.8 Å². The van der Waals surface area contributed by atoms with Gasteiger partial charge in [0, 0.05) is 7.05 Å². The number of halogens is 1. The molecule has 0 bridgehead atoms. The van der Waals surface area contributed by atoms with Gasteiger partial charge < -0.3 is 25.3 Å². The molecule has 0 aromatic heterocycles. The quantitative estimate of drug-likeness (QED) is 0.489. The first-order valence-corrected chi connectivity index (χ1v) is 6.16. The highest BCUT2D eigenvalue weighted by molar-refractivity contribution is 6.33. The molecule has 0 fully saturated rings. The monoisotopic (exact) mass is 296 g/mol. The van der Waals surface area contributed by atoms with Crippen LogP contribution in [0.2, 0.25) is 5.02 Å². The number of hydrogen-bond donors (Lipinski definition) is 2. The van der Waals surface area contributed by atoms with Crippen LogP contribution < -0.4 is 20.5 Å². The molecule has 0 radical (unpaired) electrons. The van der Waals surface area contributed by atoms with Crippen LogP contribution in [-0.4, -0.2) is 33.0 Å². The second-order valence-electron chi connectivity index (χ2n) is 3.85. The van der Waals surface area contributed by atoms with Crippen LogP contribution in [-0.2, 0) is 9.53 Å². The number of rotatable bonds is 3. The summed E-state index contributed by atoms with van der Waals surface area (Å²) in [4.78, 5) is 10.9. The van der Waals surface area contributed by atoms with E-state index in [0.717, 1.165) is 0 Å². The Morgan fingerprint density at radius 3 is 3.05 bits per heavy atom. The number of carbonyl (C=O) groups is 1. The third-order valence-corrected chi connectivity index (χ3v) is 2.85. The normalized spacial score (nSPS) is 11.7. The number of nitrogens with one attached hydrogen (secondary N) is 1. The molecule has 2 rings (SSSR count). The average Bonchev–Trinajstić information content (AvgIpc) is 2.93. The SMILES string of the molecule is CNC(=O)COCC#Cc1cc(Cl)c(N)c2c1OCO2. The molecule has 7 heteroatoms. The van der Waals surface area contributed by atoms with Gasteiger partial charge in [0.25, 0.3) is 0 Å². The third kappa shape index (κ3) is 3.07. The standard InChI is InChI=1S/C13H13ClN2O4/c1-16-10(17)6-18-4-2-3-8-5-9(14)11(15)13-12(8)19-7-20-13/h5H,4,6-7,15H2,1H3,(H,16,17). The van der Waals surface area contributed by atoms with E-state index in [0.29, 0.717) is 27.8 Å². The van der Waals surface area contributed by atoms with E-state index in [-0.39, 0.29) is 25.9 Å². The van der Waals surface area contributed by atoms with Crippen molar-refractivity contribution in [2.75, 3.05) is 32.8 Å². The highest BCUT2D eigenvalue weighted by atomic mass is 35.5. The number of benzene rings is 1. The summed E-state index contributed by atoms with van der Waals surface area (Å²) in [6, 6.07) is 1.61. The number of fused-ring (bicyclic) bond motifs is 1. The molecule has 0 aliphatic carbocycles. The molecule has 6 nitrogen and oxygen atoms in total. The van der Waals surface area contributed by atoms with Gasteiger partial charge in [-0.15, -0.1) is 0 Å². The molecule has 20 heavy (non-hydrogen) atoms. The van der Waals surface area contributed by atoms with Gasteiger partial charge in [-0.05, 0) is 6.07 Å². The molecule has 1 aromatic rings. The summed E-state index contributed by atoms with van der Waals surface area (Å²) in [6.45, 7) is 0.165. The van der Waals surface area contributed by atoms with Gasteiger partial charge in [-0.3, -0.25) is 4.79 Å². The number of nitrogens with two attached hydrogens (primary N) is 1. The van der Waals surface area contributed by atoms with Gasteiger partial charge in [0.15, 0.2) is 11.5 Å². The highest BCUT2D eigenvalue weighted by Crippen LogP contribution is 2.44. The summed E-state index contributed by atoms with van der Waals surface area (Å²) in [5.41, 5.74) is 6.68. The molecular weight excluding hydrogens is 284 g/mol.